The molecule has 0 aliphatic rings. The maximum absolute atomic E-state index is 12.5. The normalized spacial score (nSPS) is 10.9. The first-order chi connectivity index (χ1) is 16.5. The number of carbonyl (C=O) groups excluding carboxylic acids is 1. The molecule has 0 radical (unpaired) electrons. The Morgan fingerprint density at radius 2 is 1.70 bits per heavy atom. The van der Waals surface area contributed by atoms with E-state index in [9.17, 15) is 21.6 Å². The van der Waals surface area contributed by atoms with Crippen LogP contribution < -0.4 is 20.5 Å². The molecule has 1 amide bonds. The van der Waals surface area contributed by atoms with E-state index in [-0.39, 0.29) is 58.2 Å². The third kappa shape index (κ3) is 8.98. The van der Waals surface area contributed by atoms with Crippen LogP contribution >= 0.6 is 24.8 Å². The highest BCUT2D eigenvalue weighted by Crippen LogP contribution is 2.30. The van der Waals surface area contributed by atoms with E-state index in [0.717, 1.165) is 18.0 Å². The van der Waals surface area contributed by atoms with Crippen LogP contribution in [-0.4, -0.2) is 46.5 Å². The van der Waals surface area contributed by atoms with Gasteiger partial charge in [0.15, 0.2) is 15.8 Å². The standard InChI is InChI=1S/C22H23N5O6S2.2ClH/c1-34(29,30)20-14-15(21(28)27-22(23)24)5-10-19(20)33-17-6-8-18(9-7-17)35(31,32)26-13-11-16-4-2-3-12-25-16;;/h2-10,12,14,26H,11,13H2,1H3,(H4,23,24,27,28);2*1H. The first-order valence-electron chi connectivity index (χ1n) is 10.1. The third-order valence-corrected chi connectivity index (χ3v) is 7.21. The van der Waals surface area contributed by atoms with E-state index < -0.39 is 31.7 Å². The van der Waals surface area contributed by atoms with Crippen LogP contribution in [-0.2, 0) is 26.3 Å². The summed E-state index contributed by atoms with van der Waals surface area (Å²) in [6.45, 7) is 0.166. The summed E-state index contributed by atoms with van der Waals surface area (Å²) in [6.07, 6.45) is 3.01. The van der Waals surface area contributed by atoms with Crippen molar-refractivity contribution >= 4 is 56.5 Å². The molecule has 5 N–H and O–H groups in total. The van der Waals surface area contributed by atoms with E-state index in [4.69, 9.17) is 15.9 Å². The van der Waals surface area contributed by atoms with Crippen molar-refractivity contribution in [3.8, 4) is 11.5 Å². The molecule has 2 aromatic carbocycles. The molecule has 0 spiro atoms. The second-order valence-electron chi connectivity index (χ2n) is 7.34. The van der Waals surface area contributed by atoms with E-state index >= 15 is 0 Å². The lowest BCUT2D eigenvalue weighted by molar-refractivity contribution is 0.0976. The van der Waals surface area contributed by atoms with E-state index in [1.165, 1.54) is 36.4 Å². The van der Waals surface area contributed by atoms with Crippen molar-refractivity contribution in [1.82, 2.24) is 15.0 Å². The fraction of sp³-hybridized carbons (Fsp3) is 0.136. The van der Waals surface area contributed by atoms with Crippen molar-refractivity contribution in [2.24, 2.45) is 5.73 Å². The van der Waals surface area contributed by atoms with Gasteiger partial charge in [-0.2, -0.15) is 0 Å². The van der Waals surface area contributed by atoms with Gasteiger partial charge in [-0.05, 0) is 54.6 Å². The molecule has 200 valence electrons. The van der Waals surface area contributed by atoms with Crippen molar-refractivity contribution in [2.45, 2.75) is 16.2 Å². The summed E-state index contributed by atoms with van der Waals surface area (Å²) < 4.78 is 57.8. The first kappa shape index (κ1) is 31.8. The fourth-order valence-corrected chi connectivity index (χ4v) is 4.82. The largest absolute Gasteiger partial charge is 0.456 e. The van der Waals surface area contributed by atoms with Gasteiger partial charge in [0, 0.05) is 36.7 Å². The number of rotatable bonds is 9. The fourth-order valence-electron chi connectivity index (χ4n) is 2.97. The monoisotopic (exact) mass is 589 g/mol. The smallest absolute Gasteiger partial charge is 0.257 e. The lowest BCUT2D eigenvalue weighted by Gasteiger charge is -2.12. The number of sulfone groups is 1. The highest BCUT2D eigenvalue weighted by molar-refractivity contribution is 7.90. The molecule has 0 aliphatic heterocycles. The molecular formula is C22H25Cl2N5O6S2. The summed E-state index contributed by atoms with van der Waals surface area (Å²) in [5.74, 6) is -1.21. The van der Waals surface area contributed by atoms with E-state index in [0.29, 0.717) is 6.42 Å². The number of nitrogens with one attached hydrogen (secondary N) is 3. The topological polar surface area (TPSA) is 181 Å². The molecule has 0 unspecified atom stereocenters. The molecule has 15 heteroatoms. The molecule has 0 saturated carbocycles. The minimum atomic E-state index is -3.80. The van der Waals surface area contributed by atoms with Gasteiger partial charge in [-0.1, -0.05) is 6.07 Å². The number of carbonyl (C=O) groups is 1. The van der Waals surface area contributed by atoms with E-state index in [2.05, 4.69) is 15.0 Å². The Bertz CT molecular complexity index is 1450. The minimum absolute atomic E-state index is 0. The van der Waals surface area contributed by atoms with Gasteiger partial charge in [0.1, 0.15) is 16.4 Å². The van der Waals surface area contributed by atoms with Gasteiger partial charge in [0.05, 0.1) is 4.90 Å². The van der Waals surface area contributed by atoms with Gasteiger partial charge in [-0.25, -0.2) is 21.6 Å². The number of hydrogen-bond donors (Lipinski definition) is 4. The molecule has 11 nitrogen and oxygen atoms in total. The second-order valence-corrected chi connectivity index (χ2v) is 11.1. The zero-order valence-electron chi connectivity index (χ0n) is 19.4. The molecule has 37 heavy (non-hydrogen) atoms. The quantitative estimate of drug-likeness (QED) is 0.216. The number of aromatic nitrogens is 1. The maximum atomic E-state index is 12.5. The first-order valence-corrected chi connectivity index (χ1v) is 13.5. The zero-order chi connectivity index (χ0) is 25.6. The van der Waals surface area contributed by atoms with E-state index in [1.54, 1.807) is 18.3 Å². The predicted molar refractivity (Wildman–Crippen MR) is 143 cm³/mol. The SMILES string of the molecule is CS(=O)(=O)c1cc(C(=O)NC(=N)N)ccc1Oc1ccc(S(=O)(=O)NCCc2ccccn2)cc1.Cl.Cl. The lowest BCUT2D eigenvalue weighted by Crippen LogP contribution is -2.35. The van der Waals surface area contributed by atoms with Gasteiger partial charge >= 0.3 is 0 Å². The summed E-state index contributed by atoms with van der Waals surface area (Å²) in [5.41, 5.74) is 5.86. The van der Waals surface area contributed by atoms with Crippen LogP contribution in [0, 0.1) is 5.41 Å². The van der Waals surface area contributed by atoms with Crippen LogP contribution in [0.4, 0.5) is 0 Å². The zero-order valence-corrected chi connectivity index (χ0v) is 22.6. The van der Waals surface area contributed by atoms with E-state index in [1.807, 2.05) is 6.07 Å². The average Bonchev–Trinajstić information content (AvgIpc) is 2.79. The predicted octanol–water partition coefficient (Wildman–Crippen LogP) is 2.27. The summed E-state index contributed by atoms with van der Waals surface area (Å²) in [7, 11) is -7.58. The molecule has 0 saturated heterocycles. The Balaban J connectivity index is 0.00000342. The summed E-state index contributed by atoms with van der Waals surface area (Å²) in [5, 5.41) is 9.20. The van der Waals surface area contributed by atoms with Crippen molar-refractivity contribution in [3.63, 3.8) is 0 Å². The highest BCUT2D eigenvalue weighted by atomic mass is 35.5. The Morgan fingerprint density at radius 1 is 1.03 bits per heavy atom. The molecule has 1 heterocycles. The molecule has 0 atom stereocenters. The van der Waals surface area contributed by atoms with Crippen molar-refractivity contribution < 1.29 is 26.4 Å². The van der Waals surface area contributed by atoms with Crippen molar-refractivity contribution in [3.05, 3.63) is 78.1 Å². The van der Waals surface area contributed by atoms with Crippen molar-refractivity contribution in [1.29, 1.82) is 5.41 Å². The van der Waals surface area contributed by atoms with Gasteiger partial charge in [0.25, 0.3) is 5.91 Å². The number of amides is 1. The van der Waals surface area contributed by atoms with Gasteiger partial charge in [0.2, 0.25) is 10.0 Å². The van der Waals surface area contributed by atoms with Crippen LogP contribution in [0.15, 0.2) is 76.7 Å². The number of sulfonamides is 1. The van der Waals surface area contributed by atoms with Gasteiger partial charge in [-0.3, -0.25) is 20.5 Å². The maximum Gasteiger partial charge on any atom is 0.257 e. The van der Waals surface area contributed by atoms with Crippen molar-refractivity contribution in [2.75, 3.05) is 12.8 Å². The third-order valence-electron chi connectivity index (χ3n) is 4.61. The summed E-state index contributed by atoms with van der Waals surface area (Å²) in [6, 6.07) is 14.5. The minimum Gasteiger partial charge on any atom is -0.456 e. The van der Waals surface area contributed by atoms with Crippen LogP contribution in [0.2, 0.25) is 0 Å². The second kappa shape index (κ2) is 13.4. The van der Waals surface area contributed by atoms with Gasteiger partial charge < -0.3 is 10.5 Å². The number of nitrogens with zero attached hydrogens (tertiary/aromatic N) is 1. The molecular weight excluding hydrogens is 565 g/mol. The highest BCUT2D eigenvalue weighted by Gasteiger charge is 2.20. The number of ether oxygens (including phenoxy) is 1. The van der Waals surface area contributed by atoms with Crippen LogP contribution in [0.3, 0.4) is 0 Å². The molecule has 1 aromatic heterocycles. The summed E-state index contributed by atoms with van der Waals surface area (Å²) in [4.78, 5) is 15.9. The number of benzene rings is 2. The number of nitrogens with two attached hydrogens (primary N) is 1. The Kier molecular flexibility index (Phi) is 11.5. The van der Waals surface area contributed by atoms with Crippen LogP contribution in [0.5, 0.6) is 11.5 Å². The lowest BCUT2D eigenvalue weighted by atomic mass is 10.2. The number of halogens is 2. The number of hydrogen-bond acceptors (Lipinski definition) is 8. The molecule has 3 rings (SSSR count). The molecule has 0 aliphatic carbocycles. The molecule has 0 fully saturated rings. The van der Waals surface area contributed by atoms with Crippen LogP contribution in [0.1, 0.15) is 16.1 Å². The molecule has 0 bridgehead atoms. The Labute approximate surface area is 227 Å². The van der Waals surface area contributed by atoms with Gasteiger partial charge in [-0.15, -0.1) is 24.8 Å². The Morgan fingerprint density at radius 3 is 2.27 bits per heavy atom. The van der Waals surface area contributed by atoms with Crippen LogP contribution in [0.25, 0.3) is 0 Å². The number of pyridine rings is 1. The Hall–Kier alpha value is -3.23. The summed E-state index contributed by atoms with van der Waals surface area (Å²) >= 11 is 0. The average molecular weight is 591 g/mol. The molecule has 3 aromatic rings. The number of guanidine groups is 1.